The van der Waals surface area contributed by atoms with Gasteiger partial charge in [0.2, 0.25) is 0 Å². The van der Waals surface area contributed by atoms with E-state index in [1.807, 2.05) is 6.92 Å². The lowest BCUT2D eigenvalue weighted by Gasteiger charge is -2.00. The first-order chi connectivity index (χ1) is 8.72. The molecule has 1 aromatic heterocycles. The highest BCUT2D eigenvalue weighted by atomic mass is 16.1. The van der Waals surface area contributed by atoms with Gasteiger partial charge in [-0.3, -0.25) is 9.89 Å². The zero-order valence-electron chi connectivity index (χ0n) is 10.4. The Labute approximate surface area is 106 Å². The van der Waals surface area contributed by atoms with Crippen LogP contribution in [-0.2, 0) is 6.42 Å². The number of allylic oxidation sites excluding steroid dienone is 1. The number of aryl methyl sites for hydroxylation is 1. The minimum Gasteiger partial charge on any atom is -0.302 e. The number of benzene rings is 1. The summed E-state index contributed by atoms with van der Waals surface area (Å²) in [6.45, 7) is 1.92. The van der Waals surface area contributed by atoms with E-state index < -0.39 is 0 Å². The van der Waals surface area contributed by atoms with Crippen molar-refractivity contribution in [3.8, 4) is 0 Å². The van der Waals surface area contributed by atoms with E-state index in [0.29, 0.717) is 6.42 Å². The first-order valence-corrected chi connectivity index (χ1v) is 6.27. The van der Waals surface area contributed by atoms with Gasteiger partial charge in [0.05, 0.1) is 0 Å². The van der Waals surface area contributed by atoms with Gasteiger partial charge in [0.15, 0.2) is 0 Å². The molecular weight excluding hydrogens is 224 g/mol. The fourth-order valence-corrected chi connectivity index (χ4v) is 2.07. The average molecular weight is 240 g/mol. The smallest absolute Gasteiger partial charge is 0.267 e. The summed E-state index contributed by atoms with van der Waals surface area (Å²) in [6.07, 6.45) is 5.43. The van der Waals surface area contributed by atoms with Gasteiger partial charge >= 0.3 is 0 Å². The zero-order valence-corrected chi connectivity index (χ0v) is 10.4. The van der Waals surface area contributed by atoms with E-state index in [2.05, 4.69) is 40.5 Å². The van der Waals surface area contributed by atoms with Crippen molar-refractivity contribution in [3.63, 3.8) is 0 Å². The van der Waals surface area contributed by atoms with Gasteiger partial charge in [-0.2, -0.15) is 0 Å². The molecule has 1 aliphatic carbocycles. The Morgan fingerprint density at radius 2 is 1.89 bits per heavy atom. The molecule has 92 valence electrons. The van der Waals surface area contributed by atoms with Crippen LogP contribution in [-0.4, -0.2) is 10.2 Å². The topological polar surface area (TPSA) is 48.6 Å². The van der Waals surface area contributed by atoms with E-state index in [0.717, 1.165) is 11.3 Å². The van der Waals surface area contributed by atoms with E-state index in [9.17, 15) is 4.79 Å². The molecule has 1 saturated carbocycles. The number of H-pyrrole nitrogens is 2. The fraction of sp³-hybridized carbons (Fsp3) is 0.267. The zero-order chi connectivity index (χ0) is 12.5. The number of aromatic amines is 2. The lowest BCUT2D eigenvalue weighted by Crippen LogP contribution is -2.06. The van der Waals surface area contributed by atoms with Crippen molar-refractivity contribution >= 4 is 6.08 Å². The number of aromatic nitrogens is 2. The first-order valence-electron chi connectivity index (χ1n) is 6.27. The third kappa shape index (κ3) is 2.30. The molecule has 0 aliphatic heterocycles. The number of hydrogen-bond acceptors (Lipinski definition) is 1. The van der Waals surface area contributed by atoms with E-state index in [4.69, 9.17) is 0 Å². The lowest BCUT2D eigenvalue weighted by molar-refractivity contribution is 1.02. The predicted molar refractivity (Wildman–Crippen MR) is 72.6 cm³/mol. The molecule has 2 N–H and O–H groups in total. The van der Waals surface area contributed by atoms with Crippen molar-refractivity contribution in [2.45, 2.75) is 26.2 Å². The quantitative estimate of drug-likeness (QED) is 0.851. The minimum absolute atomic E-state index is 0.0170. The summed E-state index contributed by atoms with van der Waals surface area (Å²) in [7, 11) is 0. The molecule has 0 bridgehead atoms. The molecule has 3 nitrogen and oxygen atoms in total. The summed E-state index contributed by atoms with van der Waals surface area (Å²) in [5.74, 6) is 0. The van der Waals surface area contributed by atoms with Crippen molar-refractivity contribution in [1.82, 2.24) is 10.2 Å². The molecule has 3 rings (SSSR count). The SMILES string of the molecule is Cc1[nH][nH]c(=O)c1Cc1ccc(C=C2CC2)cc1. The van der Waals surface area contributed by atoms with Crippen LogP contribution in [0.15, 0.2) is 34.6 Å². The van der Waals surface area contributed by atoms with Crippen molar-refractivity contribution in [2.75, 3.05) is 0 Å². The molecule has 0 unspecified atom stereocenters. The molecule has 1 heterocycles. The van der Waals surface area contributed by atoms with Crippen molar-refractivity contribution in [3.05, 3.63) is 62.6 Å². The van der Waals surface area contributed by atoms with Crippen LogP contribution >= 0.6 is 0 Å². The highest BCUT2D eigenvalue weighted by Gasteiger charge is 2.10. The Kier molecular flexibility index (Phi) is 2.67. The largest absolute Gasteiger partial charge is 0.302 e. The highest BCUT2D eigenvalue weighted by molar-refractivity contribution is 5.56. The normalized spacial score (nSPS) is 13.7. The molecule has 0 radical (unpaired) electrons. The van der Waals surface area contributed by atoms with Crippen LogP contribution in [0.2, 0.25) is 0 Å². The number of nitrogens with one attached hydrogen (secondary N) is 2. The van der Waals surface area contributed by atoms with Crippen LogP contribution in [0.4, 0.5) is 0 Å². The van der Waals surface area contributed by atoms with Crippen LogP contribution < -0.4 is 5.56 Å². The Morgan fingerprint density at radius 3 is 2.44 bits per heavy atom. The van der Waals surface area contributed by atoms with Crippen LogP contribution in [0.25, 0.3) is 6.08 Å². The van der Waals surface area contributed by atoms with Crippen molar-refractivity contribution in [1.29, 1.82) is 0 Å². The van der Waals surface area contributed by atoms with E-state index in [1.165, 1.54) is 29.5 Å². The molecule has 0 amide bonds. The predicted octanol–water partition coefficient (Wildman–Crippen LogP) is 2.78. The van der Waals surface area contributed by atoms with Gasteiger partial charge in [0, 0.05) is 17.7 Å². The van der Waals surface area contributed by atoms with Gasteiger partial charge in [-0.05, 0) is 30.9 Å². The van der Waals surface area contributed by atoms with E-state index >= 15 is 0 Å². The summed E-state index contributed by atoms with van der Waals surface area (Å²) in [5.41, 5.74) is 5.68. The molecule has 1 aromatic carbocycles. The average Bonchev–Trinajstić information content (AvgIpc) is 3.13. The van der Waals surface area contributed by atoms with E-state index in [1.54, 1.807) is 0 Å². The lowest BCUT2D eigenvalue weighted by atomic mass is 10.0. The summed E-state index contributed by atoms with van der Waals surface area (Å²) in [4.78, 5) is 11.6. The van der Waals surface area contributed by atoms with Gasteiger partial charge < -0.3 is 5.10 Å². The molecule has 2 aromatic rings. The van der Waals surface area contributed by atoms with Gasteiger partial charge in [0.1, 0.15) is 0 Å². The minimum atomic E-state index is -0.0170. The molecule has 18 heavy (non-hydrogen) atoms. The van der Waals surface area contributed by atoms with Crippen LogP contribution in [0.5, 0.6) is 0 Å². The van der Waals surface area contributed by atoms with Crippen LogP contribution in [0.1, 0.15) is 35.2 Å². The second kappa shape index (κ2) is 4.33. The third-order valence-corrected chi connectivity index (χ3v) is 3.36. The maximum absolute atomic E-state index is 11.6. The Hall–Kier alpha value is -2.03. The van der Waals surface area contributed by atoms with Crippen molar-refractivity contribution < 1.29 is 0 Å². The van der Waals surface area contributed by atoms with Gasteiger partial charge in [-0.25, -0.2) is 0 Å². The van der Waals surface area contributed by atoms with Gasteiger partial charge in [0.25, 0.3) is 5.56 Å². The molecule has 0 atom stereocenters. The van der Waals surface area contributed by atoms with Crippen molar-refractivity contribution in [2.24, 2.45) is 0 Å². The van der Waals surface area contributed by atoms with Crippen LogP contribution in [0, 0.1) is 6.92 Å². The summed E-state index contributed by atoms with van der Waals surface area (Å²) in [5, 5.41) is 5.47. The first kappa shape index (κ1) is 11.1. The Bertz CT molecular complexity index is 638. The van der Waals surface area contributed by atoms with E-state index in [-0.39, 0.29) is 5.56 Å². The second-order valence-corrected chi connectivity index (χ2v) is 4.90. The molecule has 1 aliphatic rings. The number of rotatable bonds is 3. The molecule has 0 spiro atoms. The van der Waals surface area contributed by atoms with Gasteiger partial charge in [-0.1, -0.05) is 35.9 Å². The maximum Gasteiger partial charge on any atom is 0.267 e. The highest BCUT2D eigenvalue weighted by Crippen LogP contribution is 2.30. The molecule has 0 saturated heterocycles. The third-order valence-electron chi connectivity index (χ3n) is 3.36. The summed E-state index contributed by atoms with van der Waals surface area (Å²) in [6, 6.07) is 8.44. The Balaban J connectivity index is 1.81. The fourth-order valence-electron chi connectivity index (χ4n) is 2.07. The summed E-state index contributed by atoms with van der Waals surface area (Å²) < 4.78 is 0. The number of hydrogen-bond donors (Lipinski definition) is 2. The molecule has 1 fully saturated rings. The second-order valence-electron chi connectivity index (χ2n) is 4.90. The molecule has 3 heteroatoms. The maximum atomic E-state index is 11.6. The van der Waals surface area contributed by atoms with Gasteiger partial charge in [-0.15, -0.1) is 0 Å². The standard InChI is InChI=1S/C15H16N2O/c1-10-14(15(18)17-16-10)9-13-6-4-12(5-7-13)8-11-2-3-11/h4-8H,2-3,9H2,1H3,(H2,16,17,18). The van der Waals surface area contributed by atoms with Crippen LogP contribution in [0.3, 0.4) is 0 Å². The Morgan fingerprint density at radius 1 is 1.17 bits per heavy atom. The molecular formula is C15H16N2O. The monoisotopic (exact) mass is 240 g/mol. The summed E-state index contributed by atoms with van der Waals surface area (Å²) >= 11 is 0.